The van der Waals surface area contributed by atoms with E-state index in [1.54, 1.807) is 0 Å². The van der Waals surface area contributed by atoms with Crippen molar-refractivity contribution >= 4 is 0 Å². The van der Waals surface area contributed by atoms with Crippen LogP contribution in [0, 0.1) is 5.92 Å². The van der Waals surface area contributed by atoms with Gasteiger partial charge in [0.1, 0.15) is 6.10 Å². The van der Waals surface area contributed by atoms with Gasteiger partial charge < -0.3 is 15.3 Å². The van der Waals surface area contributed by atoms with E-state index in [1.165, 1.54) is 0 Å². The van der Waals surface area contributed by atoms with Gasteiger partial charge in [-0.05, 0) is 25.2 Å². The SMILES string of the molecule is CCCC[C@H]1CC[C@H](O)[C@H](O)[C@H]1O. The monoisotopic (exact) mass is 188 g/mol. The van der Waals surface area contributed by atoms with Crippen molar-refractivity contribution in [3.63, 3.8) is 0 Å². The van der Waals surface area contributed by atoms with Gasteiger partial charge in [0.15, 0.2) is 0 Å². The molecular formula is C10H20O3. The summed E-state index contributed by atoms with van der Waals surface area (Å²) in [6, 6.07) is 0. The molecule has 0 aliphatic heterocycles. The van der Waals surface area contributed by atoms with Gasteiger partial charge in [-0.25, -0.2) is 0 Å². The average Bonchev–Trinajstić information content (AvgIpc) is 2.13. The molecule has 0 saturated heterocycles. The summed E-state index contributed by atoms with van der Waals surface area (Å²) in [6.07, 6.45) is 2.22. The lowest BCUT2D eigenvalue weighted by Crippen LogP contribution is -2.46. The van der Waals surface area contributed by atoms with E-state index in [4.69, 9.17) is 0 Å². The molecule has 1 aliphatic rings. The van der Waals surface area contributed by atoms with Crippen LogP contribution in [0.25, 0.3) is 0 Å². The van der Waals surface area contributed by atoms with E-state index in [0.29, 0.717) is 6.42 Å². The number of hydrogen-bond donors (Lipinski definition) is 3. The van der Waals surface area contributed by atoms with Crippen LogP contribution in [-0.4, -0.2) is 33.6 Å². The Kier molecular flexibility index (Phi) is 4.16. The Hall–Kier alpha value is -0.120. The average molecular weight is 188 g/mol. The molecular weight excluding hydrogens is 168 g/mol. The maximum Gasteiger partial charge on any atom is 0.106 e. The lowest BCUT2D eigenvalue weighted by atomic mass is 9.80. The van der Waals surface area contributed by atoms with Gasteiger partial charge in [0, 0.05) is 0 Å². The summed E-state index contributed by atoms with van der Waals surface area (Å²) in [5, 5.41) is 28.3. The van der Waals surface area contributed by atoms with Crippen molar-refractivity contribution < 1.29 is 15.3 Å². The summed E-state index contributed by atoms with van der Waals surface area (Å²) < 4.78 is 0. The Bertz CT molecular complexity index is 147. The van der Waals surface area contributed by atoms with Crippen molar-refractivity contribution in [1.29, 1.82) is 0 Å². The zero-order valence-electron chi connectivity index (χ0n) is 8.19. The van der Waals surface area contributed by atoms with E-state index in [9.17, 15) is 15.3 Å². The zero-order chi connectivity index (χ0) is 9.84. The van der Waals surface area contributed by atoms with E-state index in [1.807, 2.05) is 0 Å². The third-order valence-electron chi connectivity index (χ3n) is 2.99. The van der Waals surface area contributed by atoms with E-state index in [2.05, 4.69) is 6.92 Å². The molecule has 3 heteroatoms. The minimum Gasteiger partial charge on any atom is -0.390 e. The molecule has 1 rings (SSSR count). The molecule has 1 saturated carbocycles. The summed E-state index contributed by atoms with van der Waals surface area (Å²) in [5.74, 6) is 0.179. The standard InChI is InChI=1S/C10H20O3/c1-2-3-4-7-5-6-8(11)10(13)9(7)12/h7-13H,2-6H2,1H3/t7-,8-,9-,10-/m0/s1. The van der Waals surface area contributed by atoms with Crippen molar-refractivity contribution in [1.82, 2.24) is 0 Å². The van der Waals surface area contributed by atoms with E-state index in [0.717, 1.165) is 25.7 Å². The van der Waals surface area contributed by atoms with Gasteiger partial charge in [-0.1, -0.05) is 19.8 Å². The van der Waals surface area contributed by atoms with Crippen molar-refractivity contribution in [3.8, 4) is 0 Å². The first-order chi connectivity index (χ1) is 6.16. The highest BCUT2D eigenvalue weighted by molar-refractivity contribution is 4.86. The van der Waals surface area contributed by atoms with Crippen molar-refractivity contribution in [2.75, 3.05) is 0 Å². The highest BCUT2D eigenvalue weighted by atomic mass is 16.4. The lowest BCUT2D eigenvalue weighted by molar-refractivity contribution is -0.111. The smallest absolute Gasteiger partial charge is 0.106 e. The molecule has 0 aromatic rings. The molecule has 4 atom stereocenters. The van der Waals surface area contributed by atoms with Gasteiger partial charge in [0.25, 0.3) is 0 Å². The van der Waals surface area contributed by atoms with Gasteiger partial charge in [-0.3, -0.25) is 0 Å². The lowest BCUT2D eigenvalue weighted by Gasteiger charge is -2.35. The number of rotatable bonds is 3. The van der Waals surface area contributed by atoms with E-state index < -0.39 is 18.3 Å². The molecule has 3 N–H and O–H groups in total. The molecule has 78 valence electrons. The van der Waals surface area contributed by atoms with E-state index >= 15 is 0 Å². The normalized spacial score (nSPS) is 40.6. The minimum atomic E-state index is -0.935. The molecule has 0 bridgehead atoms. The fourth-order valence-electron chi connectivity index (χ4n) is 2.01. The maximum absolute atomic E-state index is 9.62. The number of unbranched alkanes of at least 4 members (excludes halogenated alkanes) is 1. The second-order valence-corrected chi connectivity index (χ2v) is 4.03. The Labute approximate surface area is 79.4 Å². The predicted octanol–water partition coefficient (Wildman–Crippen LogP) is 0.669. The number of hydrogen-bond acceptors (Lipinski definition) is 3. The van der Waals surface area contributed by atoms with Crippen molar-refractivity contribution in [3.05, 3.63) is 0 Å². The minimum absolute atomic E-state index is 0.179. The number of aliphatic hydroxyl groups excluding tert-OH is 3. The number of aliphatic hydroxyl groups is 3. The first kappa shape index (κ1) is 11.0. The van der Waals surface area contributed by atoms with Gasteiger partial charge >= 0.3 is 0 Å². The Balaban J connectivity index is 2.39. The third-order valence-corrected chi connectivity index (χ3v) is 2.99. The third kappa shape index (κ3) is 2.66. The summed E-state index contributed by atoms with van der Waals surface area (Å²) >= 11 is 0. The Morgan fingerprint density at radius 1 is 1.08 bits per heavy atom. The van der Waals surface area contributed by atoms with Crippen LogP contribution >= 0.6 is 0 Å². The predicted molar refractivity (Wildman–Crippen MR) is 50.3 cm³/mol. The molecule has 0 aromatic heterocycles. The van der Waals surface area contributed by atoms with Crippen LogP contribution in [0.2, 0.25) is 0 Å². The van der Waals surface area contributed by atoms with Crippen LogP contribution in [0.15, 0.2) is 0 Å². The van der Waals surface area contributed by atoms with Gasteiger partial charge in [0.05, 0.1) is 12.2 Å². The van der Waals surface area contributed by atoms with Gasteiger partial charge in [-0.15, -0.1) is 0 Å². The van der Waals surface area contributed by atoms with Crippen LogP contribution in [0.5, 0.6) is 0 Å². The molecule has 3 nitrogen and oxygen atoms in total. The van der Waals surface area contributed by atoms with Gasteiger partial charge in [0.2, 0.25) is 0 Å². The Morgan fingerprint density at radius 3 is 2.38 bits per heavy atom. The molecule has 0 heterocycles. The van der Waals surface area contributed by atoms with Crippen LogP contribution in [0.3, 0.4) is 0 Å². The fraction of sp³-hybridized carbons (Fsp3) is 1.00. The highest BCUT2D eigenvalue weighted by Gasteiger charge is 2.35. The second-order valence-electron chi connectivity index (χ2n) is 4.03. The molecule has 0 radical (unpaired) electrons. The second kappa shape index (κ2) is 4.94. The largest absolute Gasteiger partial charge is 0.390 e. The van der Waals surface area contributed by atoms with Crippen molar-refractivity contribution in [2.24, 2.45) is 5.92 Å². The maximum atomic E-state index is 9.62. The summed E-state index contributed by atoms with van der Waals surface area (Å²) in [5.41, 5.74) is 0. The van der Waals surface area contributed by atoms with Crippen LogP contribution in [0.1, 0.15) is 39.0 Å². The molecule has 0 spiro atoms. The van der Waals surface area contributed by atoms with Crippen molar-refractivity contribution in [2.45, 2.75) is 57.3 Å². The first-order valence-electron chi connectivity index (χ1n) is 5.21. The summed E-state index contributed by atoms with van der Waals surface area (Å²) in [6.45, 7) is 2.11. The molecule has 1 aliphatic carbocycles. The van der Waals surface area contributed by atoms with Crippen LogP contribution in [-0.2, 0) is 0 Å². The zero-order valence-corrected chi connectivity index (χ0v) is 8.19. The molecule has 13 heavy (non-hydrogen) atoms. The highest BCUT2D eigenvalue weighted by Crippen LogP contribution is 2.28. The first-order valence-corrected chi connectivity index (χ1v) is 5.21. The quantitative estimate of drug-likeness (QED) is 0.610. The molecule has 0 amide bonds. The Morgan fingerprint density at radius 2 is 1.77 bits per heavy atom. The van der Waals surface area contributed by atoms with Gasteiger partial charge in [-0.2, -0.15) is 0 Å². The summed E-state index contributed by atoms with van der Waals surface area (Å²) in [7, 11) is 0. The molecule has 0 unspecified atom stereocenters. The van der Waals surface area contributed by atoms with Crippen LogP contribution < -0.4 is 0 Å². The topological polar surface area (TPSA) is 60.7 Å². The van der Waals surface area contributed by atoms with Crippen LogP contribution in [0.4, 0.5) is 0 Å². The summed E-state index contributed by atoms with van der Waals surface area (Å²) in [4.78, 5) is 0. The molecule has 0 aromatic carbocycles. The molecule has 1 fully saturated rings. The fourth-order valence-corrected chi connectivity index (χ4v) is 2.01. The van der Waals surface area contributed by atoms with E-state index in [-0.39, 0.29) is 5.92 Å².